The topological polar surface area (TPSA) is 232 Å². The SMILES string of the molecule is COC(=O)CC(C1=C(O)C(=O)C(C(CC(=O)OC)c2ccc(OCC(N)=O)cc2)=C(O)C1=O)c1ccc(OCC(N)=O)cc1. The first-order valence-electron chi connectivity index (χ1n) is 13.0. The van der Waals surface area contributed by atoms with Crippen LogP contribution in [0.1, 0.15) is 35.8 Å². The summed E-state index contributed by atoms with van der Waals surface area (Å²) >= 11 is 0. The number of rotatable bonds is 14. The molecule has 0 aromatic heterocycles. The van der Waals surface area contributed by atoms with Crippen LogP contribution in [0.5, 0.6) is 11.5 Å². The van der Waals surface area contributed by atoms with E-state index < -0.39 is 95.9 Å². The quantitative estimate of drug-likeness (QED) is 0.174. The molecule has 0 aliphatic heterocycles. The Bertz CT molecular complexity index is 1410. The molecule has 2 unspecified atom stereocenters. The maximum absolute atomic E-state index is 13.6. The number of primary amides is 2. The summed E-state index contributed by atoms with van der Waals surface area (Å²) in [6.45, 7) is -0.803. The number of carbonyl (C=O) groups excluding carboxylic acids is 6. The number of benzene rings is 2. The molecular formula is C30H30N2O12. The fraction of sp³-hybridized carbons (Fsp3) is 0.267. The van der Waals surface area contributed by atoms with Crippen molar-refractivity contribution in [1.82, 2.24) is 0 Å². The van der Waals surface area contributed by atoms with Gasteiger partial charge in [-0.25, -0.2) is 0 Å². The van der Waals surface area contributed by atoms with Gasteiger partial charge in [0.05, 0.1) is 38.2 Å². The fourth-order valence-electron chi connectivity index (χ4n) is 4.54. The predicted octanol–water partition coefficient (Wildman–Crippen LogP) is 1.18. The normalized spacial score (nSPS) is 14.5. The van der Waals surface area contributed by atoms with Gasteiger partial charge in [0.2, 0.25) is 11.6 Å². The van der Waals surface area contributed by atoms with Gasteiger partial charge in [-0.3, -0.25) is 28.8 Å². The second kappa shape index (κ2) is 14.5. The summed E-state index contributed by atoms with van der Waals surface area (Å²) < 4.78 is 19.9. The van der Waals surface area contributed by atoms with Gasteiger partial charge in [-0.2, -0.15) is 0 Å². The molecule has 0 spiro atoms. The Labute approximate surface area is 250 Å². The molecule has 0 bridgehead atoms. The van der Waals surface area contributed by atoms with E-state index in [9.17, 15) is 39.0 Å². The number of amides is 2. The lowest BCUT2D eigenvalue weighted by Gasteiger charge is -2.27. The first-order valence-corrected chi connectivity index (χ1v) is 13.0. The molecule has 2 aromatic rings. The molecule has 3 rings (SSSR count). The molecule has 232 valence electrons. The number of hydrogen-bond donors (Lipinski definition) is 4. The van der Waals surface area contributed by atoms with E-state index in [-0.39, 0.29) is 22.6 Å². The molecule has 1 aliphatic rings. The van der Waals surface area contributed by atoms with Crippen molar-refractivity contribution in [3.63, 3.8) is 0 Å². The molecule has 0 saturated carbocycles. The predicted molar refractivity (Wildman–Crippen MR) is 150 cm³/mol. The van der Waals surface area contributed by atoms with Crippen LogP contribution < -0.4 is 20.9 Å². The summed E-state index contributed by atoms with van der Waals surface area (Å²) in [4.78, 5) is 73.9. The number of carbonyl (C=O) groups is 6. The molecule has 0 fully saturated rings. The molecule has 0 saturated heterocycles. The van der Waals surface area contributed by atoms with E-state index in [0.29, 0.717) is 0 Å². The summed E-state index contributed by atoms with van der Waals surface area (Å²) in [5, 5.41) is 22.2. The van der Waals surface area contributed by atoms with Crippen LogP contribution in [0.4, 0.5) is 0 Å². The van der Waals surface area contributed by atoms with Crippen molar-refractivity contribution in [1.29, 1.82) is 0 Å². The number of Topliss-reactive ketones (excluding diaryl/α,β-unsaturated/α-hetero) is 2. The number of ketones is 2. The maximum atomic E-state index is 13.6. The molecule has 2 aromatic carbocycles. The highest BCUT2D eigenvalue weighted by atomic mass is 16.5. The Balaban J connectivity index is 2.05. The van der Waals surface area contributed by atoms with Crippen molar-refractivity contribution >= 4 is 35.3 Å². The molecule has 0 radical (unpaired) electrons. The number of nitrogens with two attached hydrogens (primary N) is 2. The molecule has 44 heavy (non-hydrogen) atoms. The average molecular weight is 611 g/mol. The van der Waals surface area contributed by atoms with Crippen molar-refractivity contribution in [3.05, 3.63) is 82.3 Å². The van der Waals surface area contributed by atoms with Gasteiger partial charge >= 0.3 is 11.9 Å². The number of allylic oxidation sites excluding steroid dienone is 2. The third-order valence-corrected chi connectivity index (χ3v) is 6.65. The van der Waals surface area contributed by atoms with E-state index in [1.165, 1.54) is 48.5 Å². The van der Waals surface area contributed by atoms with Gasteiger partial charge in [-0.1, -0.05) is 24.3 Å². The van der Waals surface area contributed by atoms with E-state index in [2.05, 4.69) is 0 Å². The van der Waals surface area contributed by atoms with Crippen molar-refractivity contribution in [2.75, 3.05) is 27.4 Å². The van der Waals surface area contributed by atoms with Crippen LogP contribution in [0.2, 0.25) is 0 Å². The Hall–Kier alpha value is -5.66. The van der Waals surface area contributed by atoms with Crippen LogP contribution >= 0.6 is 0 Å². The number of aliphatic hydroxyl groups excluding tert-OH is 2. The standard InChI is InChI=1S/C30H30N2O12/c1-41-23(35)11-19(15-3-7-17(8-4-15)43-13-21(31)33)25-27(37)29(39)26(30(40)28(25)38)20(12-24(36)42-2)16-5-9-18(10-6-16)44-14-22(32)34/h3-10,19-20,37,40H,11-14H2,1-2H3,(H2,31,33)(H2,32,34). The average Bonchev–Trinajstić information content (AvgIpc) is 3.01. The smallest absolute Gasteiger partial charge is 0.306 e. The number of hydrogen-bond acceptors (Lipinski definition) is 12. The van der Waals surface area contributed by atoms with Gasteiger partial charge in [0.1, 0.15) is 11.5 Å². The van der Waals surface area contributed by atoms with E-state index in [4.69, 9.17) is 30.4 Å². The Morgan fingerprint density at radius 1 is 0.636 bits per heavy atom. The van der Waals surface area contributed by atoms with Gasteiger partial charge in [-0.05, 0) is 35.4 Å². The highest BCUT2D eigenvalue weighted by molar-refractivity contribution is 6.24. The Morgan fingerprint density at radius 2 is 0.955 bits per heavy atom. The summed E-state index contributed by atoms with van der Waals surface area (Å²) in [5.74, 6) is -9.45. The fourth-order valence-corrected chi connectivity index (χ4v) is 4.54. The summed E-state index contributed by atoms with van der Waals surface area (Å²) in [7, 11) is 2.22. The van der Waals surface area contributed by atoms with Crippen molar-refractivity contribution < 1.29 is 57.9 Å². The Morgan fingerprint density at radius 3 is 1.23 bits per heavy atom. The van der Waals surface area contributed by atoms with Crippen LogP contribution in [0.3, 0.4) is 0 Å². The van der Waals surface area contributed by atoms with Crippen LogP contribution in [0.15, 0.2) is 71.2 Å². The Kier molecular flexibility index (Phi) is 10.8. The third kappa shape index (κ3) is 7.79. The number of ether oxygens (including phenoxy) is 4. The van der Waals surface area contributed by atoms with Crippen LogP contribution in [0.25, 0.3) is 0 Å². The van der Waals surface area contributed by atoms with Gasteiger partial charge in [0.25, 0.3) is 11.8 Å². The van der Waals surface area contributed by atoms with Gasteiger partial charge in [0.15, 0.2) is 24.7 Å². The zero-order valence-electron chi connectivity index (χ0n) is 23.7. The number of methoxy groups -OCH3 is 2. The second-order valence-corrected chi connectivity index (χ2v) is 9.50. The lowest BCUT2D eigenvalue weighted by atomic mass is 9.76. The largest absolute Gasteiger partial charge is 0.504 e. The summed E-state index contributed by atoms with van der Waals surface area (Å²) in [6.07, 6.45) is -1.01. The van der Waals surface area contributed by atoms with Gasteiger partial charge < -0.3 is 40.6 Å². The molecule has 14 nitrogen and oxygen atoms in total. The minimum atomic E-state index is -1.26. The molecule has 14 heteroatoms. The van der Waals surface area contributed by atoms with Gasteiger partial charge in [-0.15, -0.1) is 0 Å². The lowest BCUT2D eigenvalue weighted by Crippen LogP contribution is -2.31. The maximum Gasteiger partial charge on any atom is 0.306 e. The minimum absolute atomic E-state index is 0.232. The van der Waals surface area contributed by atoms with Gasteiger partial charge in [0, 0.05) is 11.8 Å². The first kappa shape index (κ1) is 32.8. The minimum Gasteiger partial charge on any atom is -0.504 e. The van der Waals surface area contributed by atoms with Crippen LogP contribution in [-0.2, 0) is 38.2 Å². The molecule has 6 N–H and O–H groups in total. The summed E-state index contributed by atoms with van der Waals surface area (Å²) in [6, 6.07) is 11.4. The molecular weight excluding hydrogens is 580 g/mol. The van der Waals surface area contributed by atoms with Crippen molar-refractivity contribution in [2.45, 2.75) is 24.7 Å². The van der Waals surface area contributed by atoms with Crippen LogP contribution in [0, 0.1) is 0 Å². The number of esters is 2. The number of aliphatic hydroxyl groups is 2. The zero-order valence-corrected chi connectivity index (χ0v) is 23.7. The molecule has 0 heterocycles. The lowest BCUT2D eigenvalue weighted by molar-refractivity contribution is -0.142. The highest BCUT2D eigenvalue weighted by Crippen LogP contribution is 2.41. The van der Waals surface area contributed by atoms with E-state index in [1.54, 1.807) is 0 Å². The molecule has 2 amide bonds. The highest BCUT2D eigenvalue weighted by Gasteiger charge is 2.43. The monoisotopic (exact) mass is 610 g/mol. The van der Waals surface area contributed by atoms with E-state index >= 15 is 0 Å². The third-order valence-electron chi connectivity index (χ3n) is 6.65. The molecule has 1 aliphatic carbocycles. The van der Waals surface area contributed by atoms with Crippen molar-refractivity contribution in [3.8, 4) is 11.5 Å². The van der Waals surface area contributed by atoms with Crippen LogP contribution in [-0.4, -0.2) is 73.0 Å². The van der Waals surface area contributed by atoms with Crippen molar-refractivity contribution in [2.24, 2.45) is 11.5 Å². The summed E-state index contributed by atoms with van der Waals surface area (Å²) in [5.41, 5.74) is 9.55. The first-order chi connectivity index (χ1) is 20.9. The molecule has 2 atom stereocenters. The van der Waals surface area contributed by atoms with E-state index in [1.807, 2.05) is 0 Å². The van der Waals surface area contributed by atoms with E-state index in [0.717, 1.165) is 14.2 Å². The zero-order chi connectivity index (χ0) is 32.6. The second-order valence-electron chi connectivity index (χ2n) is 9.50.